The molecule has 2 N–H and O–H groups in total. The number of carbonyl (C=O) groups excluding carboxylic acids is 1. The number of hydrogen-bond acceptors (Lipinski definition) is 2. The van der Waals surface area contributed by atoms with Crippen LogP contribution in [-0.4, -0.2) is 38.8 Å². The predicted octanol–water partition coefficient (Wildman–Crippen LogP) is 4.72. The van der Waals surface area contributed by atoms with Crippen LogP contribution in [0.4, 0.5) is 0 Å². The summed E-state index contributed by atoms with van der Waals surface area (Å²) in [6.07, 6.45) is 1.82. The fourth-order valence-corrected chi connectivity index (χ4v) is 4.16. The zero-order valence-corrected chi connectivity index (χ0v) is 15.5. The maximum Gasteiger partial charge on any atom is 0.270 e. The molecular weight excluding hydrogens is 360 g/mol. The average molecular weight is 379 g/mol. The maximum atomic E-state index is 12.9. The Balaban J connectivity index is 1.31. The number of imidazole rings is 1. The van der Waals surface area contributed by atoms with Crippen LogP contribution in [0.5, 0.6) is 0 Å². The van der Waals surface area contributed by atoms with Gasteiger partial charge in [0.15, 0.2) is 0 Å². The highest BCUT2D eigenvalue weighted by atomic mass is 35.5. The first-order valence-corrected chi connectivity index (χ1v) is 9.58. The van der Waals surface area contributed by atoms with Gasteiger partial charge in [-0.05, 0) is 37.1 Å². The first-order valence-electron chi connectivity index (χ1n) is 9.20. The van der Waals surface area contributed by atoms with E-state index in [4.69, 9.17) is 16.6 Å². The van der Waals surface area contributed by atoms with Crippen molar-refractivity contribution in [3.05, 3.63) is 65.1 Å². The largest absolute Gasteiger partial charge is 0.349 e. The summed E-state index contributed by atoms with van der Waals surface area (Å²) in [4.78, 5) is 26.1. The molecule has 1 aliphatic heterocycles. The number of likely N-dealkylation sites (tertiary alicyclic amines) is 1. The molecule has 3 heterocycles. The molecule has 0 unspecified atom stereocenters. The normalized spacial score (nSPS) is 15.7. The summed E-state index contributed by atoms with van der Waals surface area (Å²) in [5.74, 6) is 1.42. The van der Waals surface area contributed by atoms with Crippen LogP contribution < -0.4 is 0 Å². The third kappa shape index (κ3) is 2.88. The molecule has 0 aliphatic carbocycles. The fourth-order valence-electron chi connectivity index (χ4n) is 3.93. The zero-order chi connectivity index (χ0) is 18.4. The number of H-pyrrole nitrogens is 2. The molecular formula is C21H19ClN4O. The second-order valence-electron chi connectivity index (χ2n) is 7.09. The highest BCUT2D eigenvalue weighted by molar-refractivity contribution is 6.35. The van der Waals surface area contributed by atoms with Crippen LogP contribution in [0.25, 0.3) is 21.9 Å². The lowest BCUT2D eigenvalue weighted by Gasteiger charge is -2.30. The number of para-hydroxylation sites is 3. The highest BCUT2D eigenvalue weighted by Crippen LogP contribution is 2.29. The number of nitrogens with zero attached hydrogens (tertiary/aromatic N) is 2. The van der Waals surface area contributed by atoms with Crippen molar-refractivity contribution in [3.63, 3.8) is 0 Å². The van der Waals surface area contributed by atoms with E-state index >= 15 is 0 Å². The number of aromatic nitrogens is 3. The molecule has 1 amide bonds. The summed E-state index contributed by atoms with van der Waals surface area (Å²) in [5, 5.41) is 1.60. The maximum absolute atomic E-state index is 12.9. The molecule has 27 heavy (non-hydrogen) atoms. The van der Waals surface area contributed by atoms with E-state index in [-0.39, 0.29) is 5.91 Å². The third-order valence-corrected chi connectivity index (χ3v) is 5.73. The molecule has 6 heteroatoms. The lowest BCUT2D eigenvalue weighted by atomic mass is 9.96. The van der Waals surface area contributed by atoms with Crippen LogP contribution in [0.3, 0.4) is 0 Å². The Morgan fingerprint density at radius 1 is 1.07 bits per heavy atom. The third-order valence-electron chi connectivity index (χ3n) is 5.41. The van der Waals surface area contributed by atoms with Gasteiger partial charge in [-0.15, -0.1) is 0 Å². The van der Waals surface area contributed by atoms with Crippen molar-refractivity contribution in [3.8, 4) is 0 Å². The van der Waals surface area contributed by atoms with Crippen molar-refractivity contribution in [2.24, 2.45) is 0 Å². The fraction of sp³-hybridized carbons (Fsp3) is 0.238. The van der Waals surface area contributed by atoms with Crippen LogP contribution in [0, 0.1) is 0 Å². The highest BCUT2D eigenvalue weighted by Gasteiger charge is 2.27. The molecule has 4 aromatic rings. The molecule has 2 aromatic heterocycles. The Hall–Kier alpha value is -2.79. The standard InChI is InChI=1S/C21H19ClN4O/c22-15-5-3-4-14-12-18(23-19(14)15)21(27)26-10-8-13(9-11-26)20-24-16-6-1-2-7-17(16)25-20/h1-7,12-13,23H,8-11H2,(H,24,25). The van der Waals surface area contributed by atoms with Gasteiger partial charge in [-0.3, -0.25) is 4.79 Å². The Morgan fingerprint density at radius 3 is 2.67 bits per heavy atom. The van der Waals surface area contributed by atoms with Crippen molar-refractivity contribution < 1.29 is 4.79 Å². The summed E-state index contributed by atoms with van der Waals surface area (Å²) >= 11 is 6.21. The van der Waals surface area contributed by atoms with Crippen LogP contribution in [0.1, 0.15) is 35.1 Å². The number of hydrogen-bond donors (Lipinski definition) is 2. The predicted molar refractivity (Wildman–Crippen MR) is 107 cm³/mol. The summed E-state index contributed by atoms with van der Waals surface area (Å²) < 4.78 is 0. The van der Waals surface area contributed by atoms with Gasteiger partial charge in [0.05, 0.1) is 21.6 Å². The summed E-state index contributed by atoms with van der Waals surface area (Å²) in [6.45, 7) is 1.45. The number of halogens is 1. The van der Waals surface area contributed by atoms with Gasteiger partial charge in [-0.2, -0.15) is 0 Å². The van der Waals surface area contributed by atoms with Crippen molar-refractivity contribution in [2.45, 2.75) is 18.8 Å². The molecule has 1 fully saturated rings. The molecule has 5 rings (SSSR count). The monoisotopic (exact) mass is 378 g/mol. The van der Waals surface area contributed by atoms with E-state index in [2.05, 4.69) is 9.97 Å². The Bertz CT molecular complexity index is 1100. The van der Waals surface area contributed by atoms with Crippen LogP contribution in [0.2, 0.25) is 5.02 Å². The number of piperidine rings is 1. The average Bonchev–Trinajstić information content (AvgIpc) is 3.32. The minimum atomic E-state index is 0.0327. The molecule has 0 saturated carbocycles. The van der Waals surface area contributed by atoms with E-state index in [0.29, 0.717) is 16.6 Å². The summed E-state index contributed by atoms with van der Waals surface area (Å²) in [5.41, 5.74) is 3.49. The van der Waals surface area contributed by atoms with E-state index < -0.39 is 0 Å². The number of carbonyl (C=O) groups is 1. The van der Waals surface area contributed by atoms with Gasteiger partial charge in [-0.25, -0.2) is 4.98 Å². The SMILES string of the molecule is O=C(c1cc2cccc(Cl)c2[nH]1)N1CCC(c2nc3ccccc3[nH]2)CC1. The Kier molecular flexibility index (Phi) is 3.90. The van der Waals surface area contributed by atoms with Gasteiger partial charge in [0, 0.05) is 24.4 Å². The molecule has 0 radical (unpaired) electrons. The van der Waals surface area contributed by atoms with E-state index in [0.717, 1.165) is 53.7 Å². The van der Waals surface area contributed by atoms with E-state index in [9.17, 15) is 4.79 Å². The molecule has 5 nitrogen and oxygen atoms in total. The first-order chi connectivity index (χ1) is 13.2. The molecule has 0 spiro atoms. The number of rotatable bonds is 2. The van der Waals surface area contributed by atoms with Crippen molar-refractivity contribution >= 4 is 39.4 Å². The quantitative estimate of drug-likeness (QED) is 0.530. The molecule has 1 aliphatic rings. The lowest BCUT2D eigenvalue weighted by molar-refractivity contribution is 0.0706. The van der Waals surface area contributed by atoms with Crippen molar-refractivity contribution in [2.75, 3.05) is 13.1 Å². The topological polar surface area (TPSA) is 64.8 Å². The first kappa shape index (κ1) is 16.4. The molecule has 0 bridgehead atoms. The van der Waals surface area contributed by atoms with Crippen LogP contribution in [0.15, 0.2) is 48.5 Å². The Labute approximate surface area is 161 Å². The molecule has 0 atom stereocenters. The number of benzene rings is 2. The van der Waals surface area contributed by atoms with E-state index in [1.54, 1.807) is 0 Å². The minimum absolute atomic E-state index is 0.0327. The van der Waals surface area contributed by atoms with Gasteiger partial charge in [0.1, 0.15) is 11.5 Å². The number of fused-ring (bicyclic) bond motifs is 2. The van der Waals surface area contributed by atoms with Gasteiger partial charge < -0.3 is 14.9 Å². The van der Waals surface area contributed by atoms with Gasteiger partial charge in [0.25, 0.3) is 5.91 Å². The second-order valence-corrected chi connectivity index (χ2v) is 7.50. The van der Waals surface area contributed by atoms with Crippen molar-refractivity contribution in [1.82, 2.24) is 19.9 Å². The van der Waals surface area contributed by atoms with E-state index in [1.165, 1.54) is 0 Å². The smallest absolute Gasteiger partial charge is 0.270 e. The number of nitrogens with one attached hydrogen (secondary N) is 2. The molecule has 136 valence electrons. The lowest BCUT2D eigenvalue weighted by Crippen LogP contribution is -2.38. The molecule has 2 aromatic carbocycles. The minimum Gasteiger partial charge on any atom is -0.349 e. The zero-order valence-electron chi connectivity index (χ0n) is 14.7. The Morgan fingerprint density at radius 2 is 1.89 bits per heavy atom. The number of aromatic amines is 2. The number of amides is 1. The van der Waals surface area contributed by atoms with Gasteiger partial charge in [0.2, 0.25) is 0 Å². The van der Waals surface area contributed by atoms with E-state index in [1.807, 2.05) is 53.4 Å². The van der Waals surface area contributed by atoms with Crippen LogP contribution >= 0.6 is 11.6 Å². The summed E-state index contributed by atoms with van der Waals surface area (Å²) in [7, 11) is 0. The van der Waals surface area contributed by atoms with Gasteiger partial charge >= 0.3 is 0 Å². The second kappa shape index (κ2) is 6.43. The van der Waals surface area contributed by atoms with Crippen LogP contribution in [-0.2, 0) is 0 Å². The van der Waals surface area contributed by atoms with Gasteiger partial charge in [-0.1, -0.05) is 35.9 Å². The van der Waals surface area contributed by atoms with Crippen molar-refractivity contribution in [1.29, 1.82) is 0 Å². The summed E-state index contributed by atoms with van der Waals surface area (Å²) in [6, 6.07) is 15.6. The molecule has 1 saturated heterocycles.